The summed E-state index contributed by atoms with van der Waals surface area (Å²) in [6, 6.07) is 23.4. The van der Waals surface area contributed by atoms with E-state index in [0.717, 1.165) is 22.4 Å². The Hall–Kier alpha value is -4.95. The predicted molar refractivity (Wildman–Crippen MR) is 175 cm³/mol. The number of dihydropyridines is 1. The number of Topliss-reactive ketones (excluding diaryl/α,β-unsaturated/α-hetero) is 1. The van der Waals surface area contributed by atoms with Crippen LogP contribution >= 0.6 is 11.6 Å². The molecule has 9 heteroatoms. The van der Waals surface area contributed by atoms with Crippen molar-refractivity contribution >= 4 is 29.1 Å². The summed E-state index contributed by atoms with van der Waals surface area (Å²) in [5.74, 6) is -0.144. The molecule has 3 aromatic carbocycles. The summed E-state index contributed by atoms with van der Waals surface area (Å²) in [5.41, 5.74) is 5.81. The average Bonchev–Trinajstić information content (AvgIpc) is 3.05. The number of amides is 1. The molecule has 234 valence electrons. The van der Waals surface area contributed by atoms with Crippen molar-refractivity contribution in [2.24, 2.45) is 0 Å². The first-order valence-electron chi connectivity index (χ1n) is 15.0. The summed E-state index contributed by atoms with van der Waals surface area (Å²) in [7, 11) is 1.56. The summed E-state index contributed by atoms with van der Waals surface area (Å²) < 4.78 is 25.3. The molecule has 2 atom stereocenters. The number of hydrogen-bond acceptors (Lipinski definition) is 6. The molecule has 2 heterocycles. The van der Waals surface area contributed by atoms with Crippen LogP contribution in [0.15, 0.2) is 108 Å². The number of aryl methyl sites for hydroxylation is 1. The van der Waals surface area contributed by atoms with E-state index in [1.54, 1.807) is 13.3 Å². The molecule has 0 radical (unpaired) electrons. The normalized spacial score (nSPS) is 17.7. The first-order valence-corrected chi connectivity index (χ1v) is 15.4. The van der Waals surface area contributed by atoms with Crippen LogP contribution < -0.4 is 20.1 Å². The minimum atomic E-state index is -0.658. The van der Waals surface area contributed by atoms with Gasteiger partial charge in [-0.25, -0.2) is 9.37 Å². The Balaban J connectivity index is 1.41. The van der Waals surface area contributed by atoms with Crippen LogP contribution in [0.5, 0.6) is 11.5 Å². The predicted octanol–water partition coefficient (Wildman–Crippen LogP) is 7.77. The number of aromatic nitrogens is 1. The molecule has 46 heavy (non-hydrogen) atoms. The number of benzene rings is 3. The molecule has 0 bridgehead atoms. The Labute approximate surface area is 272 Å². The van der Waals surface area contributed by atoms with Gasteiger partial charge in [0.15, 0.2) is 5.78 Å². The van der Waals surface area contributed by atoms with Gasteiger partial charge in [0.2, 0.25) is 0 Å². The summed E-state index contributed by atoms with van der Waals surface area (Å²) in [6.45, 7) is 3.82. The third-order valence-electron chi connectivity index (χ3n) is 8.51. The van der Waals surface area contributed by atoms with Gasteiger partial charge in [0.25, 0.3) is 5.91 Å². The Kier molecular flexibility index (Phi) is 8.90. The van der Waals surface area contributed by atoms with Gasteiger partial charge in [-0.2, -0.15) is 0 Å². The van der Waals surface area contributed by atoms with E-state index in [9.17, 15) is 14.0 Å². The van der Waals surface area contributed by atoms with Crippen LogP contribution in [0.2, 0.25) is 5.02 Å². The molecule has 0 fully saturated rings. The monoisotopic (exact) mass is 637 g/mol. The average molecular weight is 638 g/mol. The topological polar surface area (TPSA) is 89.5 Å². The van der Waals surface area contributed by atoms with Gasteiger partial charge in [0.1, 0.15) is 29.7 Å². The van der Waals surface area contributed by atoms with Crippen LogP contribution in [0.1, 0.15) is 53.9 Å². The van der Waals surface area contributed by atoms with Crippen molar-refractivity contribution in [3.8, 4) is 11.5 Å². The summed E-state index contributed by atoms with van der Waals surface area (Å²) in [5, 5.41) is 6.37. The second-order valence-corrected chi connectivity index (χ2v) is 11.9. The smallest absolute Gasteiger partial charge is 0.255 e. The highest BCUT2D eigenvalue weighted by Crippen LogP contribution is 2.46. The molecule has 4 aromatic rings. The Morgan fingerprint density at radius 3 is 2.57 bits per heavy atom. The van der Waals surface area contributed by atoms with Gasteiger partial charge in [-0.15, -0.1) is 0 Å². The third-order valence-corrected chi connectivity index (χ3v) is 8.80. The molecule has 0 spiro atoms. The number of carbonyl (C=O) groups is 2. The number of pyridine rings is 1. The van der Waals surface area contributed by atoms with E-state index in [1.807, 2.05) is 74.5 Å². The Morgan fingerprint density at radius 2 is 1.83 bits per heavy atom. The van der Waals surface area contributed by atoms with Gasteiger partial charge in [-0.3, -0.25) is 9.59 Å². The summed E-state index contributed by atoms with van der Waals surface area (Å²) in [6.07, 6.45) is 2.58. The number of anilines is 1. The maximum absolute atomic E-state index is 14.1. The summed E-state index contributed by atoms with van der Waals surface area (Å²) in [4.78, 5) is 32.5. The van der Waals surface area contributed by atoms with Gasteiger partial charge in [0, 0.05) is 52.7 Å². The maximum atomic E-state index is 14.1. The van der Waals surface area contributed by atoms with E-state index in [-0.39, 0.29) is 29.2 Å². The van der Waals surface area contributed by atoms with Crippen LogP contribution in [0.4, 0.5) is 10.2 Å². The Morgan fingerprint density at radius 1 is 1.02 bits per heavy atom. The molecule has 2 N–H and O–H groups in total. The number of ketones is 1. The van der Waals surface area contributed by atoms with Crippen LogP contribution in [-0.4, -0.2) is 23.8 Å². The van der Waals surface area contributed by atoms with Gasteiger partial charge in [-0.1, -0.05) is 54.1 Å². The molecular weight excluding hydrogens is 605 g/mol. The first-order chi connectivity index (χ1) is 22.2. The number of rotatable bonds is 8. The fourth-order valence-electron chi connectivity index (χ4n) is 6.24. The number of hydrogen-bond donors (Lipinski definition) is 2. The fraction of sp³-hybridized carbons (Fsp3) is 0.216. The highest BCUT2D eigenvalue weighted by atomic mass is 35.5. The number of nitrogens with zero attached hydrogens (tertiary/aromatic N) is 1. The van der Waals surface area contributed by atoms with E-state index < -0.39 is 11.7 Å². The molecule has 1 aliphatic carbocycles. The number of methoxy groups -OCH3 is 1. The number of carbonyl (C=O) groups excluding carboxylic acids is 2. The van der Waals surface area contributed by atoms with Crippen molar-refractivity contribution in [3.05, 3.63) is 141 Å². The highest BCUT2D eigenvalue weighted by Gasteiger charge is 2.41. The van der Waals surface area contributed by atoms with E-state index in [0.29, 0.717) is 52.6 Å². The minimum Gasteiger partial charge on any atom is -0.496 e. The minimum absolute atomic E-state index is 0.0160. The van der Waals surface area contributed by atoms with Crippen molar-refractivity contribution < 1.29 is 23.5 Å². The lowest BCUT2D eigenvalue weighted by molar-refractivity contribution is -0.116. The molecule has 7 nitrogen and oxygen atoms in total. The first kappa shape index (κ1) is 31.0. The second-order valence-electron chi connectivity index (χ2n) is 11.5. The lowest BCUT2D eigenvalue weighted by Crippen LogP contribution is -2.37. The van der Waals surface area contributed by atoms with E-state index >= 15 is 0 Å². The molecule has 2 aliphatic rings. The highest BCUT2D eigenvalue weighted by molar-refractivity contribution is 6.30. The zero-order chi connectivity index (χ0) is 32.4. The van der Waals surface area contributed by atoms with Gasteiger partial charge >= 0.3 is 0 Å². The summed E-state index contributed by atoms with van der Waals surface area (Å²) >= 11 is 5.97. The van der Waals surface area contributed by atoms with Crippen molar-refractivity contribution in [1.29, 1.82) is 0 Å². The SMILES string of the molecule is COc1ccc([C@@H]2C(C(=O)Nc3ncccc3C)=C(C)NC3=C2C(=O)C[C@@H](c2ccccc2)C3)cc1COc1ccc(F)c(Cl)c1. The zero-order valence-electron chi connectivity index (χ0n) is 25.7. The van der Waals surface area contributed by atoms with E-state index in [4.69, 9.17) is 21.1 Å². The molecule has 0 saturated heterocycles. The van der Waals surface area contributed by atoms with Crippen molar-refractivity contribution in [2.75, 3.05) is 12.4 Å². The van der Waals surface area contributed by atoms with Crippen molar-refractivity contribution in [1.82, 2.24) is 10.3 Å². The molecular formula is C37H33ClFN3O4. The van der Waals surface area contributed by atoms with Crippen LogP contribution in [0.3, 0.4) is 0 Å². The molecule has 0 saturated carbocycles. The Bertz CT molecular complexity index is 1890. The number of allylic oxidation sites excluding steroid dienone is 3. The second kappa shape index (κ2) is 13.2. The molecule has 1 aliphatic heterocycles. The van der Waals surface area contributed by atoms with Gasteiger partial charge < -0.3 is 20.1 Å². The van der Waals surface area contributed by atoms with Crippen LogP contribution in [0.25, 0.3) is 0 Å². The zero-order valence-corrected chi connectivity index (χ0v) is 26.5. The molecule has 0 unspecified atom stereocenters. The number of halogens is 2. The van der Waals surface area contributed by atoms with Gasteiger partial charge in [-0.05, 0) is 73.2 Å². The molecule has 1 aromatic heterocycles. The molecule has 6 rings (SSSR count). The van der Waals surface area contributed by atoms with Crippen molar-refractivity contribution in [2.45, 2.75) is 45.1 Å². The van der Waals surface area contributed by atoms with Crippen LogP contribution in [-0.2, 0) is 16.2 Å². The van der Waals surface area contributed by atoms with E-state index in [2.05, 4.69) is 15.6 Å². The maximum Gasteiger partial charge on any atom is 0.255 e. The van der Waals surface area contributed by atoms with Crippen LogP contribution in [0, 0.1) is 12.7 Å². The number of ether oxygens (including phenoxy) is 2. The van der Waals surface area contributed by atoms with Gasteiger partial charge in [0.05, 0.1) is 12.1 Å². The fourth-order valence-corrected chi connectivity index (χ4v) is 6.41. The third kappa shape index (κ3) is 6.26. The van der Waals surface area contributed by atoms with Crippen molar-refractivity contribution in [3.63, 3.8) is 0 Å². The lowest BCUT2D eigenvalue weighted by Gasteiger charge is -2.37. The van der Waals surface area contributed by atoms with E-state index in [1.165, 1.54) is 18.2 Å². The largest absolute Gasteiger partial charge is 0.496 e. The lowest BCUT2D eigenvalue weighted by atomic mass is 9.71. The standard InChI is InChI=1S/C37H33ClFN3O4/c1-21-8-7-15-40-36(21)42-37(44)33-22(2)41-30-17-25(23-9-5-4-6-10-23)18-31(43)35(30)34(33)24-11-14-32(45-3)26(16-24)20-46-27-12-13-29(39)28(38)19-27/h4-16,19,25,34,41H,17-18,20H2,1-3H3,(H,40,42,44)/t25-,34+/m0/s1. The number of nitrogens with one attached hydrogen (secondary N) is 2. The quantitative estimate of drug-likeness (QED) is 0.205. The molecule has 1 amide bonds.